The third-order valence-electron chi connectivity index (χ3n) is 5.42. The number of H-pyrrole nitrogens is 1. The molecule has 0 spiro atoms. The molecule has 3 aromatic rings. The smallest absolute Gasteiger partial charge is 0.335 e. The van der Waals surface area contributed by atoms with E-state index in [1.165, 1.54) is 23.3 Å². The summed E-state index contributed by atoms with van der Waals surface area (Å²) >= 11 is 0. The zero-order valence-electron chi connectivity index (χ0n) is 17.5. The van der Waals surface area contributed by atoms with Crippen LogP contribution in [0.1, 0.15) is 22.3 Å². The predicted octanol–water partition coefficient (Wildman–Crippen LogP) is 2.09. The van der Waals surface area contributed by atoms with E-state index in [-0.39, 0.29) is 11.0 Å². The third-order valence-corrected chi connectivity index (χ3v) is 5.42. The van der Waals surface area contributed by atoms with E-state index in [0.717, 1.165) is 18.8 Å². The lowest BCUT2D eigenvalue weighted by atomic mass is 10.1. The number of anilines is 2. The molecule has 0 unspecified atom stereocenters. The van der Waals surface area contributed by atoms with Crippen LogP contribution in [0.15, 0.2) is 59.5 Å². The molecule has 1 aliphatic heterocycles. The Balaban J connectivity index is 1.70. The number of nitrogens with zero attached hydrogens (tertiary/aromatic N) is 2. The van der Waals surface area contributed by atoms with Crippen LogP contribution in [-0.2, 0) is 4.74 Å². The van der Waals surface area contributed by atoms with E-state index in [0.29, 0.717) is 47.6 Å². The van der Waals surface area contributed by atoms with E-state index in [1.807, 2.05) is 6.07 Å². The zero-order valence-corrected chi connectivity index (χ0v) is 17.5. The van der Waals surface area contributed by atoms with Gasteiger partial charge in [-0.2, -0.15) is 0 Å². The standard InChI is InChI=1S/C23H25N5O4/c24-19(14-28(25)16-7-5-15(6-8-16)23(30)31)17-3-1-4-18-20(29)13-21(26-22(17)18)27-9-2-11-32-12-10-27/h1,3-8,13-14H,2,9-12,24-25H2,(H,26,29)(H,30,31)/b19-14-. The van der Waals surface area contributed by atoms with E-state index in [2.05, 4.69) is 9.88 Å². The first-order chi connectivity index (χ1) is 15.4. The summed E-state index contributed by atoms with van der Waals surface area (Å²) in [6.07, 6.45) is 2.42. The molecule has 1 aromatic heterocycles. The van der Waals surface area contributed by atoms with Crippen molar-refractivity contribution in [2.75, 3.05) is 36.2 Å². The summed E-state index contributed by atoms with van der Waals surface area (Å²) in [6, 6.07) is 13.1. The number of hydrogen-bond donors (Lipinski definition) is 4. The fourth-order valence-electron chi connectivity index (χ4n) is 3.73. The molecule has 0 atom stereocenters. The van der Waals surface area contributed by atoms with Gasteiger partial charge in [-0.3, -0.25) is 9.80 Å². The second-order valence-corrected chi connectivity index (χ2v) is 7.54. The van der Waals surface area contributed by atoms with Gasteiger partial charge in [0.15, 0.2) is 5.43 Å². The number of pyridine rings is 1. The summed E-state index contributed by atoms with van der Waals surface area (Å²) in [5.74, 6) is 5.84. The minimum absolute atomic E-state index is 0.0950. The number of carboxylic acids is 1. The Hall–Kier alpha value is -3.82. The zero-order chi connectivity index (χ0) is 22.7. The van der Waals surface area contributed by atoms with E-state index in [4.69, 9.17) is 21.4 Å². The van der Waals surface area contributed by atoms with E-state index >= 15 is 0 Å². The Bertz CT molecular complexity index is 1210. The Morgan fingerprint density at radius 1 is 1.16 bits per heavy atom. The van der Waals surface area contributed by atoms with Crippen LogP contribution in [-0.4, -0.2) is 42.4 Å². The van der Waals surface area contributed by atoms with Gasteiger partial charge in [0.25, 0.3) is 0 Å². The van der Waals surface area contributed by atoms with Crippen molar-refractivity contribution in [1.29, 1.82) is 0 Å². The molecule has 2 aromatic carbocycles. The second kappa shape index (κ2) is 9.13. The summed E-state index contributed by atoms with van der Waals surface area (Å²) in [5.41, 5.74) is 8.63. The van der Waals surface area contributed by atoms with Crippen molar-refractivity contribution >= 4 is 34.1 Å². The average Bonchev–Trinajstić information content (AvgIpc) is 3.08. The van der Waals surface area contributed by atoms with E-state index in [1.54, 1.807) is 30.3 Å². The number of hydrazine groups is 1. The number of aromatic nitrogens is 1. The maximum Gasteiger partial charge on any atom is 0.335 e. The van der Waals surface area contributed by atoms with Crippen molar-refractivity contribution < 1.29 is 14.6 Å². The number of benzene rings is 2. The molecule has 4 rings (SSSR count). The number of nitrogens with two attached hydrogens (primary N) is 2. The predicted molar refractivity (Wildman–Crippen MR) is 124 cm³/mol. The molecule has 0 bridgehead atoms. The highest BCUT2D eigenvalue weighted by atomic mass is 16.5. The maximum absolute atomic E-state index is 12.8. The van der Waals surface area contributed by atoms with Gasteiger partial charge in [0.05, 0.1) is 29.1 Å². The van der Waals surface area contributed by atoms with Gasteiger partial charge in [-0.05, 0) is 36.8 Å². The Morgan fingerprint density at radius 3 is 2.69 bits per heavy atom. The molecule has 0 aliphatic carbocycles. The topological polar surface area (TPSA) is 138 Å². The van der Waals surface area contributed by atoms with Crippen LogP contribution in [0.25, 0.3) is 16.6 Å². The molecular formula is C23H25N5O4. The van der Waals surface area contributed by atoms with Crippen molar-refractivity contribution in [3.8, 4) is 0 Å². The van der Waals surface area contributed by atoms with Gasteiger partial charge in [0.2, 0.25) is 0 Å². The number of aromatic carboxylic acids is 1. The molecule has 166 valence electrons. The van der Waals surface area contributed by atoms with E-state index in [9.17, 15) is 9.59 Å². The fraction of sp³-hybridized carbons (Fsp3) is 0.217. The van der Waals surface area contributed by atoms with Crippen LogP contribution in [0.5, 0.6) is 0 Å². The molecule has 9 nitrogen and oxygen atoms in total. The van der Waals surface area contributed by atoms with Gasteiger partial charge < -0.3 is 25.5 Å². The molecule has 32 heavy (non-hydrogen) atoms. The molecule has 0 radical (unpaired) electrons. The molecule has 6 N–H and O–H groups in total. The number of nitrogens with one attached hydrogen (secondary N) is 1. The van der Waals surface area contributed by atoms with Crippen LogP contribution in [0, 0.1) is 0 Å². The first kappa shape index (κ1) is 21.4. The molecule has 0 saturated carbocycles. The van der Waals surface area contributed by atoms with Gasteiger partial charge in [-0.15, -0.1) is 0 Å². The number of fused-ring (bicyclic) bond motifs is 1. The lowest BCUT2D eigenvalue weighted by Crippen LogP contribution is -2.28. The first-order valence-corrected chi connectivity index (χ1v) is 10.3. The minimum Gasteiger partial charge on any atom is -0.478 e. The number of hydrogen-bond acceptors (Lipinski definition) is 7. The second-order valence-electron chi connectivity index (χ2n) is 7.54. The van der Waals surface area contributed by atoms with Crippen LogP contribution in [0.3, 0.4) is 0 Å². The highest BCUT2D eigenvalue weighted by Crippen LogP contribution is 2.23. The number of rotatable bonds is 5. The molecule has 1 saturated heterocycles. The maximum atomic E-state index is 12.8. The summed E-state index contributed by atoms with van der Waals surface area (Å²) < 4.78 is 5.52. The third kappa shape index (κ3) is 4.43. The van der Waals surface area contributed by atoms with Gasteiger partial charge in [-0.25, -0.2) is 10.6 Å². The Kier molecular flexibility index (Phi) is 6.11. The number of carboxylic acid groups (broad SMARTS) is 1. The number of para-hydroxylation sites is 1. The number of carbonyl (C=O) groups is 1. The van der Waals surface area contributed by atoms with Crippen molar-refractivity contribution in [2.45, 2.75) is 6.42 Å². The Morgan fingerprint density at radius 2 is 1.94 bits per heavy atom. The van der Waals surface area contributed by atoms with Crippen LogP contribution in [0.4, 0.5) is 11.5 Å². The van der Waals surface area contributed by atoms with Crippen molar-refractivity contribution in [3.05, 3.63) is 76.1 Å². The molecule has 0 amide bonds. The highest BCUT2D eigenvalue weighted by molar-refractivity contribution is 5.91. The van der Waals surface area contributed by atoms with Gasteiger partial charge >= 0.3 is 5.97 Å². The van der Waals surface area contributed by atoms with Gasteiger partial charge in [0.1, 0.15) is 5.82 Å². The minimum atomic E-state index is -1.01. The lowest BCUT2D eigenvalue weighted by molar-refractivity contribution is 0.0697. The first-order valence-electron chi connectivity index (χ1n) is 10.3. The lowest BCUT2D eigenvalue weighted by Gasteiger charge is -2.22. The highest BCUT2D eigenvalue weighted by Gasteiger charge is 2.15. The molecular weight excluding hydrogens is 410 g/mol. The largest absolute Gasteiger partial charge is 0.478 e. The van der Waals surface area contributed by atoms with Crippen molar-refractivity contribution in [2.24, 2.45) is 11.6 Å². The fourth-order valence-corrected chi connectivity index (χ4v) is 3.73. The molecule has 1 aliphatic rings. The van der Waals surface area contributed by atoms with Crippen molar-refractivity contribution in [3.63, 3.8) is 0 Å². The number of aromatic amines is 1. The van der Waals surface area contributed by atoms with Gasteiger partial charge in [0, 0.05) is 42.9 Å². The van der Waals surface area contributed by atoms with Crippen LogP contribution in [0.2, 0.25) is 0 Å². The quantitative estimate of drug-likeness (QED) is 0.353. The van der Waals surface area contributed by atoms with Gasteiger partial charge in [-0.1, -0.05) is 12.1 Å². The Labute approximate surface area is 184 Å². The molecule has 9 heteroatoms. The monoisotopic (exact) mass is 435 g/mol. The summed E-state index contributed by atoms with van der Waals surface area (Å²) in [7, 11) is 0. The van der Waals surface area contributed by atoms with E-state index < -0.39 is 5.97 Å². The normalized spacial score (nSPS) is 14.9. The SMILES string of the molecule is N/C(=C\N(N)c1ccc(C(=O)O)cc1)c1cccc2c(=O)cc(N3CCCOCC3)[nH]c12. The van der Waals surface area contributed by atoms with Crippen molar-refractivity contribution in [1.82, 2.24) is 4.98 Å². The summed E-state index contributed by atoms with van der Waals surface area (Å²) in [4.78, 5) is 29.3. The molecule has 2 heterocycles. The number of ether oxygens (including phenoxy) is 1. The summed E-state index contributed by atoms with van der Waals surface area (Å²) in [6.45, 7) is 2.79. The average molecular weight is 435 g/mol. The molecule has 1 fully saturated rings. The van der Waals surface area contributed by atoms with Crippen LogP contribution < -0.4 is 26.9 Å². The van der Waals surface area contributed by atoms with Crippen LogP contribution >= 0.6 is 0 Å². The summed E-state index contributed by atoms with van der Waals surface area (Å²) in [5, 5.41) is 10.9.